The standard InChI is InChI=1S/C26H17BrF3NO3/c1-13-9-19-20(10-14(13)2)34-24-21(23(19)32)22(15-5-3-7-17(27)11-15)31(25(24)33)18-8-4-6-16(12-18)26(28,29)30/h3-12,22H,1-2H3. The summed E-state index contributed by atoms with van der Waals surface area (Å²) in [5.41, 5.74) is 1.46. The number of hydrogen-bond acceptors (Lipinski definition) is 3. The second kappa shape index (κ2) is 7.84. The third-order valence-electron chi connectivity index (χ3n) is 6.10. The summed E-state index contributed by atoms with van der Waals surface area (Å²) in [5.74, 6) is -0.834. The zero-order chi connectivity index (χ0) is 24.4. The van der Waals surface area contributed by atoms with Gasteiger partial charge in [0, 0.05) is 10.2 Å². The summed E-state index contributed by atoms with van der Waals surface area (Å²) in [6.45, 7) is 3.73. The monoisotopic (exact) mass is 527 g/mol. The fourth-order valence-electron chi connectivity index (χ4n) is 4.32. The summed E-state index contributed by atoms with van der Waals surface area (Å²) in [7, 11) is 0. The van der Waals surface area contributed by atoms with E-state index in [1.54, 1.807) is 36.4 Å². The number of aryl methyl sites for hydroxylation is 2. The van der Waals surface area contributed by atoms with Crippen molar-refractivity contribution >= 4 is 38.5 Å². The highest BCUT2D eigenvalue weighted by Gasteiger charge is 2.44. The molecule has 1 aliphatic heterocycles. The number of benzene rings is 3. The molecule has 1 aromatic heterocycles. The summed E-state index contributed by atoms with van der Waals surface area (Å²) in [6, 6.07) is 13.9. The summed E-state index contributed by atoms with van der Waals surface area (Å²) in [6.07, 6.45) is -4.59. The predicted molar refractivity (Wildman–Crippen MR) is 126 cm³/mol. The van der Waals surface area contributed by atoms with Gasteiger partial charge in [0.25, 0.3) is 5.91 Å². The van der Waals surface area contributed by atoms with Gasteiger partial charge in [-0.2, -0.15) is 13.2 Å². The highest BCUT2D eigenvalue weighted by molar-refractivity contribution is 9.10. The van der Waals surface area contributed by atoms with E-state index in [2.05, 4.69) is 15.9 Å². The molecule has 3 aromatic carbocycles. The Kier molecular flexibility index (Phi) is 5.16. The van der Waals surface area contributed by atoms with Crippen LogP contribution in [0, 0.1) is 13.8 Å². The van der Waals surface area contributed by atoms with Gasteiger partial charge in [0.2, 0.25) is 5.76 Å². The van der Waals surface area contributed by atoms with E-state index in [1.807, 2.05) is 13.8 Å². The summed E-state index contributed by atoms with van der Waals surface area (Å²) < 4.78 is 47.0. The van der Waals surface area contributed by atoms with Crippen molar-refractivity contribution in [1.29, 1.82) is 0 Å². The Balaban J connectivity index is 1.81. The normalized spacial score (nSPS) is 15.8. The van der Waals surface area contributed by atoms with Crippen molar-refractivity contribution in [2.24, 2.45) is 0 Å². The number of carbonyl (C=O) groups excluding carboxylic acids is 1. The molecule has 0 aliphatic carbocycles. The second-order valence-electron chi connectivity index (χ2n) is 8.29. The Hall–Kier alpha value is -3.39. The molecule has 1 unspecified atom stereocenters. The zero-order valence-corrected chi connectivity index (χ0v) is 19.6. The topological polar surface area (TPSA) is 50.5 Å². The van der Waals surface area contributed by atoms with Gasteiger partial charge in [-0.15, -0.1) is 0 Å². The highest BCUT2D eigenvalue weighted by atomic mass is 79.9. The van der Waals surface area contributed by atoms with Crippen molar-refractivity contribution in [1.82, 2.24) is 0 Å². The number of rotatable bonds is 2. The van der Waals surface area contributed by atoms with Crippen LogP contribution in [0.3, 0.4) is 0 Å². The molecule has 0 saturated heterocycles. The van der Waals surface area contributed by atoms with Crippen molar-refractivity contribution in [2.45, 2.75) is 26.1 Å². The Morgan fingerprint density at radius 3 is 2.35 bits per heavy atom. The van der Waals surface area contributed by atoms with E-state index in [0.29, 0.717) is 15.4 Å². The molecule has 0 saturated carbocycles. The van der Waals surface area contributed by atoms with Gasteiger partial charge in [0.05, 0.1) is 22.6 Å². The Labute approximate surface area is 200 Å². The van der Waals surface area contributed by atoms with Crippen molar-refractivity contribution in [3.8, 4) is 0 Å². The van der Waals surface area contributed by atoms with Crippen LogP contribution < -0.4 is 10.3 Å². The van der Waals surface area contributed by atoms with Crippen molar-refractivity contribution in [2.75, 3.05) is 4.90 Å². The first-order chi connectivity index (χ1) is 16.1. The fraction of sp³-hybridized carbons (Fsp3) is 0.154. The third kappa shape index (κ3) is 3.53. The number of fused-ring (bicyclic) bond motifs is 2. The molecular formula is C26H17BrF3NO3. The van der Waals surface area contributed by atoms with Crippen LogP contribution in [0.4, 0.5) is 18.9 Å². The summed E-state index contributed by atoms with van der Waals surface area (Å²) in [5, 5.41) is 0.320. The molecule has 34 heavy (non-hydrogen) atoms. The van der Waals surface area contributed by atoms with Crippen LogP contribution in [-0.2, 0) is 6.18 Å². The number of alkyl halides is 3. The molecule has 1 aliphatic rings. The molecule has 0 fully saturated rings. The molecular weight excluding hydrogens is 511 g/mol. The quantitative estimate of drug-likeness (QED) is 0.283. The van der Waals surface area contributed by atoms with Crippen molar-refractivity contribution in [3.05, 3.63) is 109 Å². The van der Waals surface area contributed by atoms with Gasteiger partial charge in [-0.3, -0.25) is 14.5 Å². The molecule has 0 spiro atoms. The molecule has 2 heterocycles. The van der Waals surface area contributed by atoms with Crippen LogP contribution in [0.2, 0.25) is 0 Å². The Morgan fingerprint density at radius 1 is 0.941 bits per heavy atom. The number of amides is 1. The van der Waals surface area contributed by atoms with Crippen molar-refractivity contribution in [3.63, 3.8) is 0 Å². The molecule has 4 nitrogen and oxygen atoms in total. The summed E-state index contributed by atoms with van der Waals surface area (Å²) >= 11 is 3.40. The lowest BCUT2D eigenvalue weighted by Gasteiger charge is -2.26. The molecule has 8 heteroatoms. The van der Waals surface area contributed by atoms with Gasteiger partial charge in [-0.25, -0.2) is 0 Å². The first kappa shape index (κ1) is 22.4. The van der Waals surface area contributed by atoms with Crippen LogP contribution >= 0.6 is 15.9 Å². The number of hydrogen-bond donors (Lipinski definition) is 0. The molecule has 0 N–H and O–H groups in total. The second-order valence-corrected chi connectivity index (χ2v) is 9.20. The van der Waals surface area contributed by atoms with E-state index >= 15 is 0 Å². The minimum atomic E-state index is -4.59. The van der Waals surface area contributed by atoms with Crippen LogP contribution in [0.25, 0.3) is 11.0 Å². The van der Waals surface area contributed by atoms with E-state index in [-0.39, 0.29) is 28.0 Å². The molecule has 0 radical (unpaired) electrons. The van der Waals surface area contributed by atoms with E-state index in [9.17, 15) is 22.8 Å². The average molecular weight is 528 g/mol. The lowest BCUT2D eigenvalue weighted by molar-refractivity contribution is -0.137. The Bertz CT molecular complexity index is 1540. The van der Waals surface area contributed by atoms with E-state index in [4.69, 9.17) is 4.42 Å². The summed E-state index contributed by atoms with van der Waals surface area (Å²) in [4.78, 5) is 28.4. The van der Waals surface area contributed by atoms with E-state index < -0.39 is 23.7 Å². The zero-order valence-electron chi connectivity index (χ0n) is 18.0. The fourth-order valence-corrected chi connectivity index (χ4v) is 4.74. The van der Waals surface area contributed by atoms with E-state index in [0.717, 1.165) is 23.3 Å². The largest absolute Gasteiger partial charge is 0.450 e. The first-order valence-corrected chi connectivity index (χ1v) is 11.2. The molecule has 5 rings (SSSR count). The molecule has 1 atom stereocenters. The van der Waals surface area contributed by atoms with Crippen LogP contribution in [0.15, 0.2) is 74.3 Å². The van der Waals surface area contributed by atoms with E-state index in [1.165, 1.54) is 17.0 Å². The highest BCUT2D eigenvalue weighted by Crippen LogP contribution is 2.43. The number of nitrogens with zero attached hydrogens (tertiary/aromatic N) is 1. The maximum atomic E-state index is 13.7. The minimum absolute atomic E-state index is 0.0204. The molecule has 1 amide bonds. The van der Waals surface area contributed by atoms with Gasteiger partial charge in [-0.05, 0) is 73.0 Å². The van der Waals surface area contributed by atoms with Gasteiger partial charge in [0.15, 0.2) is 5.43 Å². The lowest BCUT2D eigenvalue weighted by Crippen LogP contribution is -2.29. The van der Waals surface area contributed by atoms with Crippen LogP contribution in [0.5, 0.6) is 0 Å². The molecule has 0 bridgehead atoms. The minimum Gasteiger partial charge on any atom is -0.450 e. The number of halogens is 4. The smallest absolute Gasteiger partial charge is 0.416 e. The van der Waals surface area contributed by atoms with Crippen molar-refractivity contribution < 1.29 is 22.4 Å². The first-order valence-electron chi connectivity index (χ1n) is 10.4. The van der Waals surface area contributed by atoms with Gasteiger partial charge < -0.3 is 4.42 Å². The number of anilines is 1. The van der Waals surface area contributed by atoms with Gasteiger partial charge >= 0.3 is 6.18 Å². The number of carbonyl (C=O) groups is 1. The molecule has 172 valence electrons. The predicted octanol–water partition coefficient (Wildman–Crippen LogP) is 6.94. The maximum absolute atomic E-state index is 13.7. The Morgan fingerprint density at radius 2 is 1.65 bits per heavy atom. The van der Waals surface area contributed by atoms with Crippen LogP contribution in [-0.4, -0.2) is 5.91 Å². The SMILES string of the molecule is Cc1cc2oc3c(c(=O)c2cc1C)C(c1cccc(Br)c1)N(c1cccc(C(F)(F)F)c1)C3=O. The van der Waals surface area contributed by atoms with Gasteiger partial charge in [0.1, 0.15) is 5.58 Å². The molecule has 4 aromatic rings. The average Bonchev–Trinajstić information content (AvgIpc) is 3.07. The lowest BCUT2D eigenvalue weighted by atomic mass is 9.97. The maximum Gasteiger partial charge on any atom is 0.416 e. The van der Waals surface area contributed by atoms with Gasteiger partial charge in [-0.1, -0.05) is 34.1 Å². The third-order valence-corrected chi connectivity index (χ3v) is 6.60. The van der Waals surface area contributed by atoms with Crippen LogP contribution in [0.1, 0.15) is 44.4 Å².